The average molecular weight is 312 g/mol. The Morgan fingerprint density at radius 3 is 2.22 bits per heavy atom. The maximum absolute atomic E-state index is 12.1. The SMILES string of the molecule is Cc1cc(C)c(NC(=O)NCC(C)(O)c2ccccc2)c(C)c1. The fourth-order valence-electron chi connectivity index (χ4n) is 2.69. The Balaban J connectivity index is 2.01. The number of anilines is 1. The maximum Gasteiger partial charge on any atom is 0.319 e. The zero-order valence-electron chi connectivity index (χ0n) is 14.1. The molecular formula is C19H24N2O2. The van der Waals surface area contributed by atoms with Gasteiger partial charge in [-0.15, -0.1) is 0 Å². The number of benzene rings is 2. The number of hydrogen-bond acceptors (Lipinski definition) is 2. The number of hydrogen-bond donors (Lipinski definition) is 3. The molecule has 0 saturated heterocycles. The molecule has 0 aliphatic rings. The van der Waals surface area contributed by atoms with Gasteiger partial charge in [-0.25, -0.2) is 4.79 Å². The molecule has 0 aromatic heterocycles. The van der Waals surface area contributed by atoms with E-state index in [1.54, 1.807) is 6.92 Å². The fourth-order valence-corrected chi connectivity index (χ4v) is 2.69. The fraction of sp³-hybridized carbons (Fsp3) is 0.316. The van der Waals surface area contributed by atoms with Gasteiger partial charge in [-0.05, 0) is 44.4 Å². The van der Waals surface area contributed by atoms with Crippen molar-refractivity contribution in [2.24, 2.45) is 0 Å². The smallest absolute Gasteiger partial charge is 0.319 e. The number of aliphatic hydroxyl groups is 1. The largest absolute Gasteiger partial charge is 0.384 e. The monoisotopic (exact) mass is 312 g/mol. The van der Waals surface area contributed by atoms with Crippen LogP contribution in [0.25, 0.3) is 0 Å². The number of carbonyl (C=O) groups excluding carboxylic acids is 1. The number of amides is 2. The van der Waals surface area contributed by atoms with E-state index in [0.29, 0.717) is 0 Å². The Kier molecular flexibility index (Phi) is 5.06. The second-order valence-electron chi connectivity index (χ2n) is 6.22. The van der Waals surface area contributed by atoms with E-state index in [1.807, 2.05) is 63.2 Å². The molecular weight excluding hydrogens is 288 g/mol. The van der Waals surface area contributed by atoms with Crippen molar-refractivity contribution in [1.82, 2.24) is 5.32 Å². The minimum absolute atomic E-state index is 0.132. The van der Waals surface area contributed by atoms with E-state index in [1.165, 1.54) is 0 Å². The molecule has 0 radical (unpaired) electrons. The van der Waals surface area contributed by atoms with Crippen LogP contribution in [0.1, 0.15) is 29.2 Å². The summed E-state index contributed by atoms with van der Waals surface area (Å²) in [6, 6.07) is 13.0. The van der Waals surface area contributed by atoms with Gasteiger partial charge in [0.25, 0.3) is 0 Å². The summed E-state index contributed by atoms with van der Waals surface area (Å²) >= 11 is 0. The summed E-state index contributed by atoms with van der Waals surface area (Å²) < 4.78 is 0. The van der Waals surface area contributed by atoms with Crippen LogP contribution in [-0.4, -0.2) is 17.7 Å². The molecule has 0 saturated carbocycles. The van der Waals surface area contributed by atoms with Crippen LogP contribution in [0.3, 0.4) is 0 Å². The van der Waals surface area contributed by atoms with Gasteiger partial charge < -0.3 is 15.7 Å². The van der Waals surface area contributed by atoms with Gasteiger partial charge in [-0.1, -0.05) is 48.0 Å². The van der Waals surface area contributed by atoms with Crippen LogP contribution in [0.2, 0.25) is 0 Å². The highest BCUT2D eigenvalue weighted by atomic mass is 16.3. The molecule has 2 aromatic rings. The topological polar surface area (TPSA) is 61.4 Å². The molecule has 4 heteroatoms. The number of rotatable bonds is 4. The van der Waals surface area contributed by atoms with Gasteiger partial charge in [-0.2, -0.15) is 0 Å². The lowest BCUT2D eigenvalue weighted by Gasteiger charge is -2.24. The number of nitrogens with one attached hydrogen (secondary N) is 2. The van der Waals surface area contributed by atoms with Crippen molar-refractivity contribution in [3.63, 3.8) is 0 Å². The van der Waals surface area contributed by atoms with Crippen LogP contribution in [0.5, 0.6) is 0 Å². The third-order valence-electron chi connectivity index (χ3n) is 3.90. The quantitative estimate of drug-likeness (QED) is 0.807. The van der Waals surface area contributed by atoms with Crippen molar-refractivity contribution in [3.8, 4) is 0 Å². The molecule has 0 fully saturated rings. The van der Waals surface area contributed by atoms with Gasteiger partial charge in [-0.3, -0.25) is 0 Å². The molecule has 122 valence electrons. The molecule has 23 heavy (non-hydrogen) atoms. The molecule has 1 atom stereocenters. The molecule has 0 aliphatic carbocycles. The molecule has 2 rings (SSSR count). The first-order chi connectivity index (χ1) is 10.8. The minimum atomic E-state index is -1.12. The van der Waals surface area contributed by atoms with E-state index < -0.39 is 5.60 Å². The predicted octanol–water partition coefficient (Wildman–Crippen LogP) is 3.64. The van der Waals surface area contributed by atoms with Crippen molar-refractivity contribution < 1.29 is 9.90 Å². The summed E-state index contributed by atoms with van der Waals surface area (Å²) in [7, 11) is 0. The lowest BCUT2D eigenvalue weighted by molar-refractivity contribution is 0.0599. The Hall–Kier alpha value is -2.33. The minimum Gasteiger partial charge on any atom is -0.384 e. The Bertz CT molecular complexity index is 671. The predicted molar refractivity (Wildman–Crippen MR) is 93.7 cm³/mol. The maximum atomic E-state index is 12.1. The summed E-state index contributed by atoms with van der Waals surface area (Å²) in [4.78, 5) is 12.1. The molecule has 0 bridgehead atoms. The first-order valence-electron chi connectivity index (χ1n) is 7.70. The van der Waals surface area contributed by atoms with Crippen LogP contribution >= 0.6 is 0 Å². The highest BCUT2D eigenvalue weighted by Crippen LogP contribution is 2.22. The molecule has 4 nitrogen and oxygen atoms in total. The summed E-state index contributed by atoms with van der Waals surface area (Å²) in [5.74, 6) is 0. The van der Waals surface area contributed by atoms with Gasteiger partial charge in [0.2, 0.25) is 0 Å². The third kappa shape index (κ3) is 4.33. The van der Waals surface area contributed by atoms with Gasteiger partial charge in [0.15, 0.2) is 0 Å². The van der Waals surface area contributed by atoms with Crippen LogP contribution in [-0.2, 0) is 5.60 Å². The third-order valence-corrected chi connectivity index (χ3v) is 3.90. The van der Waals surface area contributed by atoms with Gasteiger partial charge in [0, 0.05) is 5.69 Å². The number of aryl methyl sites for hydroxylation is 3. The Labute approximate surface area is 137 Å². The Morgan fingerprint density at radius 2 is 1.65 bits per heavy atom. The second kappa shape index (κ2) is 6.84. The number of carbonyl (C=O) groups is 1. The van der Waals surface area contributed by atoms with Crippen LogP contribution in [0, 0.1) is 20.8 Å². The van der Waals surface area contributed by atoms with E-state index in [-0.39, 0.29) is 12.6 Å². The zero-order valence-corrected chi connectivity index (χ0v) is 14.1. The van der Waals surface area contributed by atoms with Gasteiger partial charge in [0.1, 0.15) is 5.60 Å². The van der Waals surface area contributed by atoms with Crippen LogP contribution < -0.4 is 10.6 Å². The van der Waals surface area contributed by atoms with E-state index in [9.17, 15) is 9.90 Å². The molecule has 0 spiro atoms. The van der Waals surface area contributed by atoms with Gasteiger partial charge in [0.05, 0.1) is 6.54 Å². The summed E-state index contributed by atoms with van der Waals surface area (Å²) in [5, 5.41) is 16.1. The van der Waals surface area contributed by atoms with Crippen molar-refractivity contribution in [1.29, 1.82) is 0 Å². The summed E-state index contributed by atoms with van der Waals surface area (Å²) in [5.41, 5.74) is 3.67. The Morgan fingerprint density at radius 1 is 1.09 bits per heavy atom. The molecule has 3 N–H and O–H groups in total. The first kappa shape index (κ1) is 17.0. The number of urea groups is 1. The normalized spacial score (nSPS) is 13.3. The van der Waals surface area contributed by atoms with Crippen LogP contribution in [0.4, 0.5) is 10.5 Å². The summed E-state index contributed by atoms with van der Waals surface area (Å²) in [6.07, 6.45) is 0. The van der Waals surface area contributed by atoms with E-state index in [0.717, 1.165) is 27.9 Å². The lowest BCUT2D eigenvalue weighted by Crippen LogP contribution is -2.40. The molecule has 2 amide bonds. The van der Waals surface area contributed by atoms with Crippen molar-refractivity contribution >= 4 is 11.7 Å². The lowest BCUT2D eigenvalue weighted by atomic mass is 9.96. The first-order valence-corrected chi connectivity index (χ1v) is 7.70. The van der Waals surface area contributed by atoms with Crippen molar-refractivity contribution in [2.75, 3.05) is 11.9 Å². The highest BCUT2D eigenvalue weighted by molar-refractivity contribution is 5.91. The van der Waals surface area contributed by atoms with E-state index in [4.69, 9.17) is 0 Å². The van der Waals surface area contributed by atoms with Gasteiger partial charge >= 0.3 is 6.03 Å². The zero-order chi connectivity index (χ0) is 17.0. The summed E-state index contributed by atoms with van der Waals surface area (Å²) in [6.45, 7) is 7.78. The van der Waals surface area contributed by atoms with Crippen molar-refractivity contribution in [3.05, 3.63) is 64.7 Å². The van der Waals surface area contributed by atoms with Crippen LogP contribution in [0.15, 0.2) is 42.5 Å². The molecule has 0 aliphatic heterocycles. The average Bonchev–Trinajstić information content (AvgIpc) is 2.50. The molecule has 0 heterocycles. The molecule has 1 unspecified atom stereocenters. The highest BCUT2D eigenvalue weighted by Gasteiger charge is 2.23. The van der Waals surface area contributed by atoms with E-state index >= 15 is 0 Å². The molecule has 2 aromatic carbocycles. The van der Waals surface area contributed by atoms with Crippen molar-refractivity contribution in [2.45, 2.75) is 33.3 Å². The standard InChI is InChI=1S/C19H24N2O2/c1-13-10-14(2)17(15(3)11-13)21-18(22)20-12-19(4,23)16-8-6-5-7-9-16/h5-11,23H,12H2,1-4H3,(H2,20,21,22). The van der Waals surface area contributed by atoms with E-state index in [2.05, 4.69) is 10.6 Å². The second-order valence-corrected chi connectivity index (χ2v) is 6.22.